The lowest BCUT2D eigenvalue weighted by Crippen LogP contribution is -2.57. The second kappa shape index (κ2) is 4.81. The lowest BCUT2D eigenvalue weighted by molar-refractivity contribution is -0.180. The fourth-order valence-electron chi connectivity index (χ4n) is 6.56. The molecule has 2 N–H and O–H groups in total. The Labute approximate surface area is 142 Å². The molecule has 0 radical (unpaired) electrons. The Hall–Kier alpha value is -1.42. The summed E-state index contributed by atoms with van der Waals surface area (Å²) in [6.07, 6.45) is 10.3. The van der Waals surface area contributed by atoms with Gasteiger partial charge in [-0.1, -0.05) is 25.5 Å². The number of carbonyl (C=O) groups is 2. The monoisotopic (exact) mass is 330 g/mol. The van der Waals surface area contributed by atoms with Crippen LogP contribution in [0.1, 0.15) is 52.4 Å². The minimum Gasteiger partial charge on any atom is -0.479 e. The van der Waals surface area contributed by atoms with Crippen LogP contribution in [0.3, 0.4) is 0 Å². The zero-order valence-electron chi connectivity index (χ0n) is 14.4. The number of carbonyl (C=O) groups excluding carboxylic acids is 1. The van der Waals surface area contributed by atoms with E-state index in [9.17, 15) is 19.8 Å². The molecule has 0 saturated heterocycles. The maximum Gasteiger partial charge on any atom is 0.336 e. The molecule has 4 rings (SSSR count). The summed E-state index contributed by atoms with van der Waals surface area (Å²) in [5.74, 6) is 0.148. The maximum atomic E-state index is 11.8. The van der Waals surface area contributed by atoms with Gasteiger partial charge in [-0.25, -0.2) is 4.79 Å². The van der Waals surface area contributed by atoms with Gasteiger partial charge in [-0.2, -0.15) is 0 Å². The lowest BCUT2D eigenvalue weighted by Gasteiger charge is -2.57. The predicted octanol–water partition coefficient (Wildman–Crippen LogP) is 3.11. The first kappa shape index (κ1) is 16.1. The smallest absolute Gasteiger partial charge is 0.336 e. The predicted molar refractivity (Wildman–Crippen MR) is 89.2 cm³/mol. The van der Waals surface area contributed by atoms with Gasteiger partial charge in [0.2, 0.25) is 0 Å². The number of aliphatic hydroxyl groups is 1. The number of carboxylic acid groups (broad SMARTS) is 1. The highest BCUT2D eigenvalue weighted by atomic mass is 16.4. The molecule has 0 unspecified atom stereocenters. The molecule has 0 spiro atoms. The molecule has 24 heavy (non-hydrogen) atoms. The van der Waals surface area contributed by atoms with Crippen LogP contribution in [-0.2, 0) is 9.59 Å². The Morgan fingerprint density at radius 1 is 1.17 bits per heavy atom. The molecule has 4 aliphatic rings. The molecule has 4 aliphatic carbocycles. The highest BCUT2D eigenvalue weighted by Crippen LogP contribution is 2.66. The maximum absolute atomic E-state index is 11.8. The van der Waals surface area contributed by atoms with E-state index in [0.717, 1.165) is 32.1 Å². The van der Waals surface area contributed by atoms with Gasteiger partial charge in [0.1, 0.15) is 0 Å². The fourth-order valence-corrected chi connectivity index (χ4v) is 6.56. The summed E-state index contributed by atoms with van der Waals surface area (Å²) in [4.78, 5) is 23.5. The number of fused-ring (bicyclic) bond motifs is 5. The van der Waals surface area contributed by atoms with Crippen LogP contribution in [0.2, 0.25) is 0 Å². The van der Waals surface area contributed by atoms with Crippen LogP contribution < -0.4 is 0 Å². The van der Waals surface area contributed by atoms with Crippen LogP contribution in [0.4, 0.5) is 0 Å². The molecular weight excluding hydrogens is 304 g/mol. The highest BCUT2D eigenvalue weighted by Gasteiger charge is 2.66. The molecule has 0 amide bonds. The van der Waals surface area contributed by atoms with Crippen molar-refractivity contribution in [3.8, 4) is 0 Å². The van der Waals surface area contributed by atoms with Gasteiger partial charge in [0.25, 0.3) is 0 Å². The van der Waals surface area contributed by atoms with Crippen molar-refractivity contribution < 1.29 is 19.8 Å². The number of hydrogen-bond acceptors (Lipinski definition) is 3. The third kappa shape index (κ3) is 1.78. The average molecular weight is 330 g/mol. The van der Waals surface area contributed by atoms with Crippen LogP contribution in [0.5, 0.6) is 0 Å². The molecule has 0 aromatic rings. The van der Waals surface area contributed by atoms with Crippen molar-refractivity contribution in [2.75, 3.05) is 0 Å². The lowest BCUT2D eigenvalue weighted by atomic mass is 9.47. The largest absolute Gasteiger partial charge is 0.479 e. The molecule has 0 heterocycles. The highest BCUT2D eigenvalue weighted by molar-refractivity contribution is 6.01. The first-order valence-electron chi connectivity index (χ1n) is 9.12. The summed E-state index contributed by atoms with van der Waals surface area (Å²) in [5, 5.41) is 20.5. The summed E-state index contributed by atoms with van der Waals surface area (Å²) in [7, 11) is 0. The molecule has 4 heteroatoms. The van der Waals surface area contributed by atoms with Gasteiger partial charge in [0.05, 0.1) is 0 Å². The van der Waals surface area contributed by atoms with Gasteiger partial charge in [-0.05, 0) is 68.4 Å². The fraction of sp³-hybridized carbons (Fsp3) is 0.700. The quantitative estimate of drug-likeness (QED) is 0.775. The average Bonchev–Trinajstić information content (AvgIpc) is 2.81. The molecule has 0 aromatic heterocycles. The van der Waals surface area contributed by atoms with Crippen molar-refractivity contribution in [2.24, 2.45) is 28.6 Å². The van der Waals surface area contributed by atoms with Crippen molar-refractivity contribution in [3.63, 3.8) is 0 Å². The van der Waals surface area contributed by atoms with Crippen LogP contribution in [0.15, 0.2) is 23.8 Å². The van der Waals surface area contributed by atoms with Crippen molar-refractivity contribution in [2.45, 2.75) is 58.0 Å². The zero-order valence-corrected chi connectivity index (χ0v) is 14.4. The van der Waals surface area contributed by atoms with E-state index in [1.54, 1.807) is 6.08 Å². The van der Waals surface area contributed by atoms with Crippen LogP contribution in [0, 0.1) is 28.6 Å². The standard InChI is InChI=1S/C20H26O4/c1-18-8-5-13(21)11-12(18)3-4-14-15(18)6-9-19(2)16(14)7-10-20(19,24)17(22)23/h5,8,11,14-16,24H,3-4,6-7,9-10H2,1-2H3,(H,22,23)/t14-,15+,16+,18+,19+,20+/m1/s1. The molecule has 6 atom stereocenters. The third-order valence-corrected chi connectivity index (χ3v) is 8.06. The van der Waals surface area contributed by atoms with Gasteiger partial charge in [0.15, 0.2) is 11.4 Å². The molecule has 3 saturated carbocycles. The topological polar surface area (TPSA) is 74.6 Å². The van der Waals surface area contributed by atoms with E-state index in [0.29, 0.717) is 18.3 Å². The Morgan fingerprint density at radius 3 is 2.58 bits per heavy atom. The van der Waals surface area contributed by atoms with Crippen molar-refractivity contribution in [3.05, 3.63) is 23.8 Å². The van der Waals surface area contributed by atoms with E-state index in [2.05, 4.69) is 13.0 Å². The number of allylic oxidation sites excluding steroid dienone is 4. The summed E-state index contributed by atoms with van der Waals surface area (Å²) < 4.78 is 0. The number of hydrogen-bond donors (Lipinski definition) is 2. The van der Waals surface area contributed by atoms with Crippen molar-refractivity contribution in [1.29, 1.82) is 0 Å². The first-order chi connectivity index (χ1) is 11.2. The van der Waals surface area contributed by atoms with E-state index in [1.807, 2.05) is 13.0 Å². The summed E-state index contributed by atoms with van der Waals surface area (Å²) in [6, 6.07) is 0. The van der Waals surface area contributed by atoms with Crippen LogP contribution in [-0.4, -0.2) is 27.6 Å². The Kier molecular flexibility index (Phi) is 3.22. The summed E-state index contributed by atoms with van der Waals surface area (Å²) in [6.45, 7) is 4.22. The Balaban J connectivity index is 1.71. The van der Waals surface area contributed by atoms with Crippen molar-refractivity contribution >= 4 is 11.8 Å². The van der Waals surface area contributed by atoms with Gasteiger partial charge in [0, 0.05) is 10.8 Å². The minimum absolute atomic E-state index is 0.0813. The van der Waals surface area contributed by atoms with E-state index in [4.69, 9.17) is 0 Å². The van der Waals surface area contributed by atoms with Crippen LogP contribution in [0.25, 0.3) is 0 Å². The molecule has 0 aromatic carbocycles. The van der Waals surface area contributed by atoms with Gasteiger partial charge >= 0.3 is 5.97 Å². The second-order valence-electron chi connectivity index (χ2n) is 8.76. The molecule has 130 valence electrons. The van der Waals surface area contributed by atoms with E-state index >= 15 is 0 Å². The molecule has 0 aliphatic heterocycles. The van der Waals surface area contributed by atoms with Crippen LogP contribution >= 0.6 is 0 Å². The Morgan fingerprint density at radius 2 is 1.88 bits per heavy atom. The SMILES string of the molecule is C[C@]12C=CC(=O)C=C1CC[C@@H]1[C@@H]2CC[C@@]2(C)[C@H]1CC[C@]2(O)C(=O)O. The summed E-state index contributed by atoms with van der Waals surface area (Å²) in [5.41, 5.74) is -0.961. The number of carboxylic acids is 1. The number of ketones is 1. The van der Waals surface area contributed by atoms with Gasteiger partial charge in [-0.3, -0.25) is 4.79 Å². The minimum atomic E-state index is -1.59. The molecule has 3 fully saturated rings. The van der Waals surface area contributed by atoms with Gasteiger partial charge < -0.3 is 10.2 Å². The molecular formula is C20H26O4. The zero-order chi connectivity index (χ0) is 17.3. The molecule has 0 bridgehead atoms. The first-order valence-corrected chi connectivity index (χ1v) is 9.12. The van der Waals surface area contributed by atoms with E-state index in [1.165, 1.54) is 5.57 Å². The number of rotatable bonds is 1. The van der Waals surface area contributed by atoms with Gasteiger partial charge in [-0.15, -0.1) is 0 Å². The number of aliphatic carboxylic acids is 1. The van der Waals surface area contributed by atoms with Crippen molar-refractivity contribution in [1.82, 2.24) is 0 Å². The molecule has 4 nitrogen and oxygen atoms in total. The van der Waals surface area contributed by atoms with E-state index < -0.39 is 17.0 Å². The second-order valence-corrected chi connectivity index (χ2v) is 8.76. The third-order valence-electron chi connectivity index (χ3n) is 8.06. The normalized spacial score (nSPS) is 49.9. The summed E-state index contributed by atoms with van der Waals surface area (Å²) >= 11 is 0. The van der Waals surface area contributed by atoms with E-state index in [-0.39, 0.29) is 17.1 Å². The Bertz CT molecular complexity index is 677.